The molecule has 0 fully saturated rings. The number of nitrogens with two attached hydrogens (primary N) is 1. The van der Waals surface area contributed by atoms with Crippen LogP contribution in [0.2, 0.25) is 0 Å². The van der Waals surface area contributed by atoms with Gasteiger partial charge in [-0.2, -0.15) is 0 Å². The van der Waals surface area contributed by atoms with E-state index >= 15 is 0 Å². The first-order chi connectivity index (χ1) is 6.00. The van der Waals surface area contributed by atoms with E-state index in [2.05, 4.69) is 5.84 Å². The second-order valence-corrected chi connectivity index (χ2v) is 2.09. The summed E-state index contributed by atoms with van der Waals surface area (Å²) in [4.78, 5) is 0. The van der Waals surface area contributed by atoms with Crippen LogP contribution >= 0.6 is 12.4 Å². The predicted octanol–water partition coefficient (Wildman–Crippen LogP) is 2.09. The topological polar surface area (TPSA) is 38.0 Å². The lowest BCUT2D eigenvalue weighted by molar-refractivity contribution is 0.381. The number of hydrogen-bond donors (Lipinski definition) is 2. The first kappa shape index (κ1) is 12.9. The van der Waals surface area contributed by atoms with Crippen molar-refractivity contribution in [2.75, 3.05) is 5.43 Å². The summed E-state index contributed by atoms with van der Waals surface area (Å²) in [5.41, 5.74) is 0.122. The monoisotopic (exact) mass is 234 g/mol. The van der Waals surface area contributed by atoms with E-state index in [-0.39, 0.29) is 12.4 Å². The minimum Gasteiger partial charge on any atom is -0.319 e. The summed E-state index contributed by atoms with van der Waals surface area (Å²) in [6.07, 6.45) is 0. The molecule has 0 bridgehead atoms. The molecule has 8 heteroatoms. The van der Waals surface area contributed by atoms with E-state index in [4.69, 9.17) is 0 Å². The minimum absolute atomic E-state index is 0. The second kappa shape index (κ2) is 4.43. The Labute approximate surface area is 81.3 Å². The van der Waals surface area contributed by atoms with Crippen LogP contribution in [-0.4, -0.2) is 0 Å². The van der Waals surface area contributed by atoms with Crippen LogP contribution in [0.3, 0.4) is 0 Å². The van der Waals surface area contributed by atoms with Crippen LogP contribution < -0.4 is 11.3 Å². The Hall–Kier alpha value is -1.08. The zero-order valence-corrected chi connectivity index (χ0v) is 7.19. The summed E-state index contributed by atoms with van der Waals surface area (Å²) < 4.78 is 62.1. The Morgan fingerprint density at radius 1 is 0.714 bits per heavy atom. The second-order valence-electron chi connectivity index (χ2n) is 2.09. The molecule has 0 aromatic heterocycles. The molecule has 80 valence electrons. The zero-order valence-electron chi connectivity index (χ0n) is 6.38. The highest BCUT2D eigenvalue weighted by molar-refractivity contribution is 5.85. The van der Waals surface area contributed by atoms with Crippen molar-refractivity contribution in [3.05, 3.63) is 29.1 Å². The fourth-order valence-corrected chi connectivity index (χ4v) is 0.732. The molecule has 0 heterocycles. The molecule has 0 spiro atoms. The molecule has 3 N–H and O–H groups in total. The molecule has 0 aliphatic rings. The fraction of sp³-hybridized carbons (Fsp3) is 0. The van der Waals surface area contributed by atoms with Crippen molar-refractivity contribution in [1.82, 2.24) is 0 Å². The molecule has 1 aromatic carbocycles. The van der Waals surface area contributed by atoms with Crippen molar-refractivity contribution < 1.29 is 22.0 Å². The molecule has 0 atom stereocenters. The highest BCUT2D eigenvalue weighted by atomic mass is 35.5. The lowest BCUT2D eigenvalue weighted by Gasteiger charge is -2.05. The molecule has 0 aliphatic carbocycles. The van der Waals surface area contributed by atoms with E-state index in [0.29, 0.717) is 0 Å². The molecule has 0 unspecified atom stereocenters. The van der Waals surface area contributed by atoms with Gasteiger partial charge in [-0.15, -0.1) is 12.4 Å². The summed E-state index contributed by atoms with van der Waals surface area (Å²) in [6, 6.07) is 0. The van der Waals surface area contributed by atoms with Gasteiger partial charge in [-0.25, -0.2) is 22.0 Å². The molecule has 2 nitrogen and oxygen atoms in total. The molecule has 1 aromatic rings. The smallest absolute Gasteiger partial charge is 0.200 e. The lowest BCUT2D eigenvalue weighted by Crippen LogP contribution is -2.14. The van der Waals surface area contributed by atoms with Crippen molar-refractivity contribution in [2.45, 2.75) is 0 Å². The highest BCUT2D eigenvalue weighted by Gasteiger charge is 2.24. The molecule has 0 aliphatic heterocycles. The maximum atomic E-state index is 12.5. The minimum atomic E-state index is -2.21. The Morgan fingerprint density at radius 2 is 1.00 bits per heavy atom. The van der Waals surface area contributed by atoms with E-state index in [1.807, 2.05) is 0 Å². The largest absolute Gasteiger partial charge is 0.319 e. The van der Waals surface area contributed by atoms with Crippen LogP contribution in [0, 0.1) is 29.1 Å². The fourth-order valence-electron chi connectivity index (χ4n) is 0.732. The normalized spacial score (nSPS) is 9.57. The standard InChI is InChI=1S/C6H3F5N2.ClH/c7-1-2(8)4(10)6(13-12)5(11)3(1)9;/h13H,12H2;1H. The molecule has 0 amide bonds. The number of anilines is 1. The molecule has 1 rings (SSSR count). The SMILES string of the molecule is Cl.NNc1c(F)c(F)c(F)c(F)c1F. The molecular weight excluding hydrogens is 231 g/mol. The number of benzene rings is 1. The van der Waals surface area contributed by atoms with Gasteiger partial charge in [0.1, 0.15) is 5.69 Å². The van der Waals surface area contributed by atoms with Crippen LogP contribution in [-0.2, 0) is 0 Å². The Kier molecular flexibility index (Phi) is 4.08. The van der Waals surface area contributed by atoms with Gasteiger partial charge in [-0.05, 0) is 0 Å². The van der Waals surface area contributed by atoms with Crippen molar-refractivity contribution >= 4 is 18.1 Å². The van der Waals surface area contributed by atoms with Crippen LogP contribution in [0.15, 0.2) is 0 Å². The van der Waals surface area contributed by atoms with Gasteiger partial charge in [0.15, 0.2) is 23.3 Å². The number of hydrogen-bond acceptors (Lipinski definition) is 2. The van der Waals surface area contributed by atoms with Gasteiger partial charge < -0.3 is 5.43 Å². The van der Waals surface area contributed by atoms with Gasteiger partial charge in [-0.3, -0.25) is 5.84 Å². The summed E-state index contributed by atoms with van der Waals surface area (Å²) in [7, 11) is 0. The van der Waals surface area contributed by atoms with Crippen molar-refractivity contribution in [3.63, 3.8) is 0 Å². The number of nitrogens with one attached hydrogen (secondary N) is 1. The van der Waals surface area contributed by atoms with E-state index in [0.717, 1.165) is 0 Å². The molecule has 0 radical (unpaired) electrons. The van der Waals surface area contributed by atoms with E-state index in [1.54, 1.807) is 0 Å². The summed E-state index contributed by atoms with van der Waals surface area (Å²) in [5, 5.41) is 0. The zero-order chi connectivity index (χ0) is 10.2. The molecule has 0 saturated heterocycles. The number of hydrazine groups is 1. The Bertz CT molecular complexity index is 328. The first-order valence-corrected chi connectivity index (χ1v) is 2.98. The van der Waals surface area contributed by atoms with Crippen LogP contribution in [0.25, 0.3) is 0 Å². The molecular formula is C6H4ClF5N2. The molecule has 0 saturated carbocycles. The van der Waals surface area contributed by atoms with E-state index in [9.17, 15) is 22.0 Å². The van der Waals surface area contributed by atoms with Gasteiger partial charge in [0.2, 0.25) is 5.82 Å². The molecule has 14 heavy (non-hydrogen) atoms. The third-order valence-electron chi connectivity index (χ3n) is 1.35. The van der Waals surface area contributed by atoms with Crippen LogP contribution in [0.4, 0.5) is 27.6 Å². The average molecular weight is 235 g/mol. The summed E-state index contributed by atoms with van der Waals surface area (Å²) >= 11 is 0. The Morgan fingerprint density at radius 3 is 1.29 bits per heavy atom. The average Bonchev–Trinajstić information content (AvgIpc) is 2.13. The maximum Gasteiger partial charge on any atom is 0.200 e. The first-order valence-electron chi connectivity index (χ1n) is 2.98. The summed E-state index contributed by atoms with van der Waals surface area (Å²) in [5.74, 6) is -5.71. The van der Waals surface area contributed by atoms with Crippen LogP contribution in [0.5, 0.6) is 0 Å². The van der Waals surface area contributed by atoms with Gasteiger partial charge >= 0.3 is 0 Å². The van der Waals surface area contributed by atoms with Crippen LogP contribution in [0.1, 0.15) is 0 Å². The van der Waals surface area contributed by atoms with Gasteiger partial charge in [-0.1, -0.05) is 0 Å². The van der Waals surface area contributed by atoms with E-state index in [1.165, 1.54) is 5.43 Å². The van der Waals surface area contributed by atoms with Crippen molar-refractivity contribution in [3.8, 4) is 0 Å². The number of rotatable bonds is 1. The van der Waals surface area contributed by atoms with E-state index < -0.39 is 34.8 Å². The Balaban J connectivity index is 0.00000169. The van der Waals surface area contributed by atoms with Gasteiger partial charge in [0, 0.05) is 0 Å². The third kappa shape index (κ3) is 1.73. The summed E-state index contributed by atoms with van der Waals surface area (Å²) in [6.45, 7) is 0. The van der Waals surface area contributed by atoms with Crippen molar-refractivity contribution in [2.24, 2.45) is 5.84 Å². The predicted molar refractivity (Wildman–Crippen MR) is 41.3 cm³/mol. The third-order valence-corrected chi connectivity index (χ3v) is 1.35. The van der Waals surface area contributed by atoms with Gasteiger partial charge in [0.25, 0.3) is 0 Å². The van der Waals surface area contributed by atoms with Crippen molar-refractivity contribution in [1.29, 1.82) is 0 Å². The highest BCUT2D eigenvalue weighted by Crippen LogP contribution is 2.25. The van der Waals surface area contributed by atoms with Gasteiger partial charge in [0.05, 0.1) is 0 Å². The number of nitrogen functional groups attached to an aromatic ring is 1. The number of halogens is 6. The lowest BCUT2D eigenvalue weighted by atomic mass is 10.2. The quantitative estimate of drug-likeness (QED) is 0.257. The maximum absolute atomic E-state index is 12.5.